The molecule has 25 heavy (non-hydrogen) atoms. The Morgan fingerprint density at radius 1 is 1.32 bits per heavy atom. The molecular weight excluding hydrogens is 318 g/mol. The molecular formula is C18H29N5O2. The van der Waals surface area contributed by atoms with Crippen molar-refractivity contribution >= 4 is 17.7 Å². The molecule has 7 heteroatoms. The van der Waals surface area contributed by atoms with E-state index in [9.17, 15) is 4.79 Å². The number of hydrogen-bond acceptors (Lipinski definition) is 5. The van der Waals surface area contributed by atoms with Gasteiger partial charge in [0.25, 0.3) is 0 Å². The van der Waals surface area contributed by atoms with Gasteiger partial charge >= 0.3 is 5.97 Å². The van der Waals surface area contributed by atoms with Crippen LogP contribution in [0.4, 0.5) is 5.82 Å². The first-order chi connectivity index (χ1) is 12.2. The Morgan fingerprint density at radius 3 is 2.72 bits per heavy atom. The summed E-state index contributed by atoms with van der Waals surface area (Å²) in [5, 5.41) is 6.72. The van der Waals surface area contributed by atoms with E-state index in [1.165, 1.54) is 7.11 Å². The maximum atomic E-state index is 11.6. The van der Waals surface area contributed by atoms with Crippen molar-refractivity contribution in [1.29, 1.82) is 0 Å². The Morgan fingerprint density at radius 2 is 2.08 bits per heavy atom. The van der Waals surface area contributed by atoms with Crippen LogP contribution in [0.1, 0.15) is 25.7 Å². The SMILES string of the molecule is CN=C(NCCCCNc1ccccn1)N1CCC(C(=O)OC)CC1. The van der Waals surface area contributed by atoms with Crippen LogP contribution in [0.25, 0.3) is 0 Å². The van der Waals surface area contributed by atoms with Crippen LogP contribution in [0, 0.1) is 5.92 Å². The number of aliphatic imine (C=N–C) groups is 1. The van der Waals surface area contributed by atoms with E-state index in [0.717, 1.165) is 63.6 Å². The van der Waals surface area contributed by atoms with Crippen molar-refractivity contribution in [3.8, 4) is 0 Å². The number of nitrogens with one attached hydrogen (secondary N) is 2. The summed E-state index contributed by atoms with van der Waals surface area (Å²) in [7, 11) is 3.26. The number of pyridine rings is 1. The van der Waals surface area contributed by atoms with Crippen molar-refractivity contribution in [3.05, 3.63) is 24.4 Å². The number of ether oxygens (including phenoxy) is 1. The van der Waals surface area contributed by atoms with Gasteiger partial charge in [0.1, 0.15) is 5.82 Å². The van der Waals surface area contributed by atoms with Crippen LogP contribution in [-0.2, 0) is 9.53 Å². The molecule has 2 heterocycles. The Hall–Kier alpha value is -2.31. The highest BCUT2D eigenvalue weighted by molar-refractivity contribution is 5.80. The van der Waals surface area contributed by atoms with Crippen LogP contribution in [0.3, 0.4) is 0 Å². The molecule has 1 aliphatic rings. The molecule has 1 aliphatic heterocycles. The van der Waals surface area contributed by atoms with Crippen molar-refractivity contribution < 1.29 is 9.53 Å². The molecule has 0 amide bonds. The van der Waals surface area contributed by atoms with Crippen molar-refractivity contribution in [2.24, 2.45) is 10.9 Å². The highest BCUT2D eigenvalue weighted by Crippen LogP contribution is 2.18. The van der Waals surface area contributed by atoms with Crippen LogP contribution in [0.2, 0.25) is 0 Å². The zero-order chi connectivity index (χ0) is 17.9. The Bertz CT molecular complexity index is 542. The van der Waals surface area contributed by atoms with Gasteiger partial charge in [-0.05, 0) is 37.8 Å². The van der Waals surface area contributed by atoms with Gasteiger partial charge in [0.15, 0.2) is 5.96 Å². The van der Waals surface area contributed by atoms with Gasteiger partial charge in [-0.2, -0.15) is 0 Å². The highest BCUT2D eigenvalue weighted by Gasteiger charge is 2.26. The molecule has 138 valence electrons. The Labute approximate surface area is 149 Å². The zero-order valence-corrected chi connectivity index (χ0v) is 15.2. The number of carbonyl (C=O) groups is 1. The fraction of sp³-hybridized carbons (Fsp3) is 0.611. The van der Waals surface area contributed by atoms with Gasteiger partial charge in [0.05, 0.1) is 13.0 Å². The molecule has 1 aromatic rings. The number of anilines is 1. The summed E-state index contributed by atoms with van der Waals surface area (Å²) in [4.78, 5) is 22.4. The lowest BCUT2D eigenvalue weighted by Gasteiger charge is -2.33. The van der Waals surface area contributed by atoms with Crippen molar-refractivity contribution in [3.63, 3.8) is 0 Å². The van der Waals surface area contributed by atoms with E-state index in [4.69, 9.17) is 4.74 Å². The predicted molar refractivity (Wildman–Crippen MR) is 99.6 cm³/mol. The van der Waals surface area contributed by atoms with Crippen LogP contribution < -0.4 is 10.6 Å². The Kier molecular flexibility index (Phi) is 8.01. The van der Waals surface area contributed by atoms with Gasteiger partial charge in [-0.15, -0.1) is 0 Å². The van der Waals surface area contributed by atoms with Gasteiger partial charge in [-0.25, -0.2) is 4.98 Å². The van der Waals surface area contributed by atoms with Crippen LogP contribution in [-0.4, -0.2) is 62.1 Å². The standard InChI is InChI=1S/C18H29N5O2/c1-19-18(23-13-8-15(9-14-23)17(24)25-2)22-12-6-5-11-21-16-7-3-4-10-20-16/h3-4,7,10,15H,5-6,8-9,11-14H2,1-2H3,(H,19,22)(H,20,21). The van der Waals surface area contributed by atoms with E-state index >= 15 is 0 Å². The first-order valence-electron chi connectivity index (χ1n) is 8.93. The zero-order valence-electron chi connectivity index (χ0n) is 15.2. The van der Waals surface area contributed by atoms with E-state index in [1.807, 2.05) is 18.2 Å². The quantitative estimate of drug-likeness (QED) is 0.338. The minimum absolute atomic E-state index is 0.0250. The van der Waals surface area contributed by atoms with E-state index in [1.54, 1.807) is 13.2 Å². The number of carbonyl (C=O) groups excluding carboxylic acids is 1. The topological polar surface area (TPSA) is 78.9 Å². The molecule has 0 spiro atoms. The molecule has 1 aromatic heterocycles. The maximum Gasteiger partial charge on any atom is 0.308 e. The summed E-state index contributed by atoms with van der Waals surface area (Å²) in [6.45, 7) is 3.46. The average molecular weight is 347 g/mol. The van der Waals surface area contributed by atoms with Crippen molar-refractivity contribution in [1.82, 2.24) is 15.2 Å². The number of hydrogen-bond donors (Lipinski definition) is 2. The van der Waals surface area contributed by atoms with Gasteiger partial charge in [0, 0.05) is 39.4 Å². The lowest BCUT2D eigenvalue weighted by molar-refractivity contribution is -0.146. The van der Waals surface area contributed by atoms with Crippen molar-refractivity contribution in [2.45, 2.75) is 25.7 Å². The predicted octanol–water partition coefficient (Wildman–Crippen LogP) is 1.73. The number of unbranched alkanes of at least 4 members (excludes halogenated alkanes) is 1. The largest absolute Gasteiger partial charge is 0.469 e. The van der Waals surface area contributed by atoms with E-state index < -0.39 is 0 Å². The second kappa shape index (κ2) is 10.5. The molecule has 1 fully saturated rings. The first-order valence-corrected chi connectivity index (χ1v) is 8.93. The number of aromatic nitrogens is 1. The number of piperidine rings is 1. The molecule has 1 saturated heterocycles. The molecule has 7 nitrogen and oxygen atoms in total. The van der Waals surface area contributed by atoms with Gasteiger partial charge < -0.3 is 20.3 Å². The maximum absolute atomic E-state index is 11.6. The molecule has 0 bridgehead atoms. The van der Waals surface area contributed by atoms with Crippen molar-refractivity contribution in [2.75, 3.05) is 45.7 Å². The van der Waals surface area contributed by atoms with Gasteiger partial charge in [0.2, 0.25) is 0 Å². The molecule has 0 unspecified atom stereocenters. The summed E-state index contributed by atoms with van der Waals surface area (Å²) < 4.78 is 4.83. The van der Waals surface area contributed by atoms with Gasteiger partial charge in [-0.1, -0.05) is 6.07 Å². The molecule has 0 atom stereocenters. The number of esters is 1. The molecule has 0 aromatic carbocycles. The summed E-state index contributed by atoms with van der Waals surface area (Å²) in [6, 6.07) is 5.86. The number of guanidine groups is 1. The molecule has 2 rings (SSSR count). The lowest BCUT2D eigenvalue weighted by Crippen LogP contribution is -2.46. The molecule has 0 radical (unpaired) electrons. The number of nitrogens with zero attached hydrogens (tertiary/aromatic N) is 3. The van der Waals surface area contributed by atoms with E-state index in [-0.39, 0.29) is 11.9 Å². The molecule has 0 aliphatic carbocycles. The summed E-state index contributed by atoms with van der Waals surface area (Å²) in [5.74, 6) is 1.76. The van der Waals surface area contributed by atoms with Crippen LogP contribution in [0.5, 0.6) is 0 Å². The minimum atomic E-state index is -0.0944. The lowest BCUT2D eigenvalue weighted by atomic mass is 9.97. The molecule has 0 saturated carbocycles. The summed E-state index contributed by atoms with van der Waals surface area (Å²) in [5.41, 5.74) is 0. The Balaban J connectivity index is 1.60. The summed E-state index contributed by atoms with van der Waals surface area (Å²) in [6.07, 6.45) is 5.54. The molecule has 2 N–H and O–H groups in total. The van der Waals surface area contributed by atoms with E-state index in [0.29, 0.717) is 0 Å². The third-order valence-electron chi connectivity index (χ3n) is 4.40. The number of methoxy groups -OCH3 is 1. The third-order valence-corrected chi connectivity index (χ3v) is 4.40. The second-order valence-corrected chi connectivity index (χ2v) is 6.11. The smallest absolute Gasteiger partial charge is 0.308 e. The number of likely N-dealkylation sites (tertiary alicyclic amines) is 1. The van der Waals surface area contributed by atoms with Crippen LogP contribution >= 0.6 is 0 Å². The first kappa shape index (κ1) is 19.0. The summed E-state index contributed by atoms with van der Waals surface area (Å²) >= 11 is 0. The average Bonchev–Trinajstić information content (AvgIpc) is 2.68. The highest BCUT2D eigenvalue weighted by atomic mass is 16.5. The second-order valence-electron chi connectivity index (χ2n) is 6.11. The fourth-order valence-corrected chi connectivity index (χ4v) is 2.96. The minimum Gasteiger partial charge on any atom is -0.469 e. The fourth-order valence-electron chi connectivity index (χ4n) is 2.96. The van der Waals surface area contributed by atoms with E-state index in [2.05, 4.69) is 25.5 Å². The van der Waals surface area contributed by atoms with Gasteiger partial charge in [-0.3, -0.25) is 9.79 Å². The monoisotopic (exact) mass is 347 g/mol. The normalized spacial score (nSPS) is 15.8. The number of rotatable bonds is 7. The third kappa shape index (κ3) is 6.25. The van der Waals surface area contributed by atoms with Crippen LogP contribution in [0.15, 0.2) is 29.4 Å².